The summed E-state index contributed by atoms with van der Waals surface area (Å²) in [5.74, 6) is -0.354. The van der Waals surface area contributed by atoms with E-state index in [0.717, 1.165) is 5.69 Å². The van der Waals surface area contributed by atoms with Gasteiger partial charge in [0.15, 0.2) is 0 Å². The normalized spacial score (nSPS) is 13.3. The zero-order chi connectivity index (χ0) is 15.5. The lowest BCUT2D eigenvalue weighted by Gasteiger charge is -2.15. The van der Waals surface area contributed by atoms with Gasteiger partial charge in [0, 0.05) is 17.5 Å². The molecule has 0 saturated carbocycles. The maximum atomic E-state index is 13.6. The molecule has 0 radical (unpaired) electrons. The summed E-state index contributed by atoms with van der Waals surface area (Å²) >= 11 is 0. The number of rotatable bonds is 6. The van der Waals surface area contributed by atoms with Crippen LogP contribution in [0.15, 0.2) is 30.5 Å². The van der Waals surface area contributed by atoms with Crippen molar-refractivity contribution in [2.24, 2.45) is 0 Å². The Morgan fingerprint density at radius 2 is 2.10 bits per heavy atom. The van der Waals surface area contributed by atoms with Gasteiger partial charge in [-0.3, -0.25) is 0 Å². The van der Waals surface area contributed by atoms with Crippen LogP contribution in [-0.2, 0) is 15.8 Å². The highest BCUT2D eigenvalue weighted by Crippen LogP contribution is 2.17. The van der Waals surface area contributed by atoms with Crippen molar-refractivity contribution < 1.29 is 12.8 Å². The number of benzene rings is 1. The number of halogens is 1. The molecule has 5 nitrogen and oxygen atoms in total. The number of nitrogens with one attached hydrogen (secondary N) is 2. The molecule has 114 valence electrons. The minimum absolute atomic E-state index is 0.149. The van der Waals surface area contributed by atoms with E-state index in [1.165, 1.54) is 18.2 Å². The molecule has 0 bridgehead atoms. The molecule has 0 amide bonds. The summed E-state index contributed by atoms with van der Waals surface area (Å²) in [5.41, 5.74) is 1.01. The molecule has 7 heteroatoms. The second-order valence-corrected chi connectivity index (χ2v) is 6.63. The van der Waals surface area contributed by atoms with Crippen molar-refractivity contribution >= 4 is 10.0 Å². The predicted octanol–water partition coefficient (Wildman–Crippen LogP) is 2.43. The van der Waals surface area contributed by atoms with Gasteiger partial charge in [-0.1, -0.05) is 25.1 Å². The molecule has 2 rings (SSSR count). The Labute approximate surface area is 123 Å². The average molecular weight is 311 g/mol. The molecule has 0 aliphatic carbocycles. The number of aromatic nitrogens is 2. The molecule has 2 N–H and O–H groups in total. The van der Waals surface area contributed by atoms with Crippen molar-refractivity contribution in [3.63, 3.8) is 0 Å². The summed E-state index contributed by atoms with van der Waals surface area (Å²) in [6.45, 7) is 3.70. The van der Waals surface area contributed by atoms with E-state index >= 15 is 0 Å². The fraction of sp³-hybridized carbons (Fsp3) is 0.357. The highest BCUT2D eigenvalue weighted by molar-refractivity contribution is 7.88. The average Bonchev–Trinajstić information content (AvgIpc) is 2.85. The molecular formula is C14H18FN3O2S. The van der Waals surface area contributed by atoms with Gasteiger partial charge in [-0.25, -0.2) is 22.5 Å². The fourth-order valence-corrected chi connectivity index (χ4v) is 3.46. The van der Waals surface area contributed by atoms with E-state index in [9.17, 15) is 12.8 Å². The van der Waals surface area contributed by atoms with Crippen molar-refractivity contribution in [2.45, 2.75) is 32.1 Å². The molecule has 1 atom stereocenters. The van der Waals surface area contributed by atoms with Crippen LogP contribution < -0.4 is 4.72 Å². The van der Waals surface area contributed by atoms with Crippen LogP contribution in [-0.4, -0.2) is 18.4 Å². The minimum atomic E-state index is -3.66. The lowest BCUT2D eigenvalue weighted by Crippen LogP contribution is -2.30. The third-order valence-corrected chi connectivity index (χ3v) is 4.42. The summed E-state index contributed by atoms with van der Waals surface area (Å²) < 4.78 is 40.5. The summed E-state index contributed by atoms with van der Waals surface area (Å²) in [6.07, 6.45) is 2.19. The van der Waals surface area contributed by atoms with Gasteiger partial charge in [0.2, 0.25) is 10.0 Å². The number of H-pyrrole nitrogens is 1. The molecule has 0 fully saturated rings. The van der Waals surface area contributed by atoms with Crippen molar-refractivity contribution in [3.05, 3.63) is 53.4 Å². The first-order valence-corrected chi connectivity index (χ1v) is 8.31. The van der Waals surface area contributed by atoms with Crippen LogP contribution in [0.2, 0.25) is 0 Å². The molecule has 1 heterocycles. The third-order valence-electron chi connectivity index (χ3n) is 3.09. The maximum Gasteiger partial charge on any atom is 0.216 e. The standard InChI is InChI=1S/C14H18FN3O2S/c1-3-13(14-16-8-10(2)17-14)18-21(19,20)9-11-6-4-5-7-12(11)15/h4-8,13,18H,3,9H2,1-2H3,(H,16,17). The van der Waals surface area contributed by atoms with Crippen LogP contribution >= 0.6 is 0 Å². The Balaban J connectivity index is 2.14. The fourth-order valence-electron chi connectivity index (χ4n) is 2.02. The maximum absolute atomic E-state index is 13.6. The number of aromatic amines is 1. The lowest BCUT2D eigenvalue weighted by atomic mass is 10.2. The molecular weight excluding hydrogens is 293 g/mol. The zero-order valence-electron chi connectivity index (χ0n) is 11.9. The Kier molecular flexibility index (Phi) is 4.74. The Bertz CT molecular complexity index is 713. The molecule has 1 aromatic heterocycles. The molecule has 1 aromatic carbocycles. The lowest BCUT2D eigenvalue weighted by molar-refractivity contribution is 0.536. The van der Waals surface area contributed by atoms with Crippen molar-refractivity contribution in [1.82, 2.24) is 14.7 Å². The van der Waals surface area contributed by atoms with Gasteiger partial charge in [-0.15, -0.1) is 0 Å². The van der Waals surface area contributed by atoms with E-state index in [4.69, 9.17) is 0 Å². The smallest absolute Gasteiger partial charge is 0.216 e. The number of aryl methyl sites for hydroxylation is 1. The largest absolute Gasteiger partial charge is 0.345 e. The SMILES string of the molecule is CCC(NS(=O)(=O)Cc1ccccc1F)c1ncc(C)[nH]1. The van der Waals surface area contributed by atoms with Gasteiger partial charge in [-0.05, 0) is 19.4 Å². The van der Waals surface area contributed by atoms with Crippen LogP contribution in [0.4, 0.5) is 4.39 Å². The van der Waals surface area contributed by atoms with Gasteiger partial charge < -0.3 is 4.98 Å². The first-order chi connectivity index (χ1) is 9.91. The van der Waals surface area contributed by atoms with E-state index in [0.29, 0.717) is 12.2 Å². The molecule has 0 spiro atoms. The van der Waals surface area contributed by atoms with Gasteiger partial charge in [-0.2, -0.15) is 0 Å². The Hall–Kier alpha value is -1.73. The van der Waals surface area contributed by atoms with Gasteiger partial charge in [0.25, 0.3) is 0 Å². The number of hydrogen-bond donors (Lipinski definition) is 2. The van der Waals surface area contributed by atoms with Crippen LogP contribution in [0.3, 0.4) is 0 Å². The van der Waals surface area contributed by atoms with Gasteiger partial charge >= 0.3 is 0 Å². The second kappa shape index (κ2) is 6.36. The second-order valence-electron chi connectivity index (χ2n) is 4.88. The molecule has 2 aromatic rings. The monoisotopic (exact) mass is 311 g/mol. The van der Waals surface area contributed by atoms with E-state index in [1.54, 1.807) is 12.3 Å². The van der Waals surface area contributed by atoms with E-state index in [1.807, 2.05) is 13.8 Å². The van der Waals surface area contributed by atoms with Crippen LogP contribution in [0.5, 0.6) is 0 Å². The summed E-state index contributed by atoms with van der Waals surface area (Å²) in [4.78, 5) is 7.15. The van der Waals surface area contributed by atoms with Crippen molar-refractivity contribution in [1.29, 1.82) is 0 Å². The first-order valence-electron chi connectivity index (χ1n) is 6.66. The van der Waals surface area contributed by atoms with E-state index < -0.39 is 27.6 Å². The number of hydrogen-bond acceptors (Lipinski definition) is 3. The van der Waals surface area contributed by atoms with Crippen LogP contribution in [0, 0.1) is 12.7 Å². The van der Waals surface area contributed by atoms with Gasteiger partial charge in [0.1, 0.15) is 11.6 Å². The van der Waals surface area contributed by atoms with E-state index in [2.05, 4.69) is 14.7 Å². The molecule has 21 heavy (non-hydrogen) atoms. The molecule has 0 aliphatic heterocycles. The zero-order valence-corrected chi connectivity index (χ0v) is 12.7. The predicted molar refractivity (Wildman–Crippen MR) is 78.5 cm³/mol. The minimum Gasteiger partial charge on any atom is -0.345 e. The summed E-state index contributed by atoms with van der Waals surface area (Å²) in [6, 6.07) is 5.40. The van der Waals surface area contributed by atoms with Crippen molar-refractivity contribution in [3.8, 4) is 0 Å². The molecule has 0 saturated heterocycles. The number of sulfonamides is 1. The number of nitrogens with zero attached hydrogens (tertiary/aromatic N) is 1. The van der Waals surface area contributed by atoms with Gasteiger partial charge in [0.05, 0.1) is 11.8 Å². The molecule has 0 aliphatic rings. The quantitative estimate of drug-likeness (QED) is 0.860. The highest BCUT2D eigenvalue weighted by atomic mass is 32.2. The van der Waals surface area contributed by atoms with Crippen molar-refractivity contribution in [2.75, 3.05) is 0 Å². The topological polar surface area (TPSA) is 74.8 Å². The van der Waals surface area contributed by atoms with Crippen LogP contribution in [0.25, 0.3) is 0 Å². The number of imidazole rings is 1. The Morgan fingerprint density at radius 1 is 1.38 bits per heavy atom. The van der Waals surface area contributed by atoms with Crippen LogP contribution in [0.1, 0.15) is 36.5 Å². The third kappa shape index (κ3) is 4.12. The highest BCUT2D eigenvalue weighted by Gasteiger charge is 2.21. The molecule has 1 unspecified atom stereocenters. The Morgan fingerprint density at radius 3 is 2.67 bits per heavy atom. The summed E-state index contributed by atoms with van der Waals surface area (Å²) in [5, 5.41) is 0. The van der Waals surface area contributed by atoms with E-state index in [-0.39, 0.29) is 5.56 Å². The summed E-state index contributed by atoms with van der Waals surface area (Å²) in [7, 11) is -3.66. The first kappa shape index (κ1) is 15.7.